The van der Waals surface area contributed by atoms with Gasteiger partial charge in [0.2, 0.25) is 7.37 Å². The Labute approximate surface area is 199 Å². The highest BCUT2D eigenvalue weighted by Gasteiger charge is 2.34. The molecule has 0 aliphatic heterocycles. The monoisotopic (exact) mass is 500 g/mol. The molecule has 34 heavy (non-hydrogen) atoms. The smallest absolute Gasteiger partial charge is 0.328 e. The average Bonchev–Trinajstić information content (AvgIpc) is 2.87. The highest BCUT2D eigenvalue weighted by atomic mass is 31.2. The van der Waals surface area contributed by atoms with Gasteiger partial charge >= 0.3 is 17.9 Å². The first-order chi connectivity index (χ1) is 16.1. The SMILES string of the molecule is CNc1ccc(C(=O)N[C@@H](CCP(=O)(CC(CCC(=O)OC)C(=O)OC)OC)C(=O)OC)cc1. The van der Waals surface area contributed by atoms with Crippen LogP contribution in [0.25, 0.3) is 0 Å². The molecule has 12 heteroatoms. The summed E-state index contributed by atoms with van der Waals surface area (Å²) in [4.78, 5) is 48.5. The van der Waals surface area contributed by atoms with E-state index in [9.17, 15) is 23.7 Å². The number of amides is 1. The summed E-state index contributed by atoms with van der Waals surface area (Å²) >= 11 is 0. The third-order valence-corrected chi connectivity index (χ3v) is 7.88. The average molecular weight is 500 g/mol. The van der Waals surface area contributed by atoms with E-state index >= 15 is 0 Å². The summed E-state index contributed by atoms with van der Waals surface area (Å²) in [6.07, 6.45) is -0.364. The fourth-order valence-electron chi connectivity index (χ4n) is 3.18. The molecule has 1 rings (SSSR count). The van der Waals surface area contributed by atoms with Gasteiger partial charge in [0.25, 0.3) is 5.91 Å². The van der Waals surface area contributed by atoms with E-state index in [-0.39, 0.29) is 31.6 Å². The zero-order valence-corrected chi connectivity index (χ0v) is 21.0. The molecule has 1 aromatic carbocycles. The number of anilines is 1. The van der Waals surface area contributed by atoms with Gasteiger partial charge in [-0.05, 0) is 37.1 Å². The maximum Gasteiger partial charge on any atom is 0.328 e. The third kappa shape index (κ3) is 9.15. The van der Waals surface area contributed by atoms with Crippen LogP contribution in [0.15, 0.2) is 24.3 Å². The molecule has 190 valence electrons. The van der Waals surface area contributed by atoms with E-state index in [1.54, 1.807) is 31.3 Å². The minimum Gasteiger partial charge on any atom is -0.469 e. The quantitative estimate of drug-likeness (QED) is 0.221. The van der Waals surface area contributed by atoms with Crippen LogP contribution in [0.2, 0.25) is 0 Å². The van der Waals surface area contributed by atoms with Gasteiger partial charge in [-0.1, -0.05) is 0 Å². The van der Waals surface area contributed by atoms with Crippen molar-refractivity contribution in [1.29, 1.82) is 0 Å². The van der Waals surface area contributed by atoms with Crippen LogP contribution >= 0.6 is 7.37 Å². The molecule has 1 amide bonds. The Hall–Kier alpha value is -2.91. The molecule has 0 aliphatic carbocycles. The van der Waals surface area contributed by atoms with E-state index in [0.29, 0.717) is 5.56 Å². The third-order valence-electron chi connectivity index (χ3n) is 5.28. The molecule has 11 nitrogen and oxygen atoms in total. The first-order valence-corrected chi connectivity index (χ1v) is 12.6. The number of ether oxygens (including phenoxy) is 3. The van der Waals surface area contributed by atoms with Crippen molar-refractivity contribution in [3.63, 3.8) is 0 Å². The van der Waals surface area contributed by atoms with Crippen LogP contribution in [0.4, 0.5) is 5.69 Å². The van der Waals surface area contributed by atoms with Crippen molar-refractivity contribution in [2.45, 2.75) is 25.3 Å². The highest BCUT2D eigenvalue weighted by Crippen LogP contribution is 2.49. The summed E-state index contributed by atoms with van der Waals surface area (Å²) in [5, 5.41) is 5.53. The van der Waals surface area contributed by atoms with E-state index in [2.05, 4.69) is 15.4 Å². The van der Waals surface area contributed by atoms with Gasteiger partial charge in [-0.2, -0.15) is 0 Å². The van der Waals surface area contributed by atoms with Crippen LogP contribution in [0.5, 0.6) is 0 Å². The molecule has 2 unspecified atom stereocenters. The molecule has 0 spiro atoms. The van der Waals surface area contributed by atoms with Crippen molar-refractivity contribution >= 4 is 36.9 Å². The van der Waals surface area contributed by atoms with E-state index < -0.39 is 43.1 Å². The van der Waals surface area contributed by atoms with Crippen LogP contribution in [0.3, 0.4) is 0 Å². The van der Waals surface area contributed by atoms with Crippen molar-refractivity contribution in [2.75, 3.05) is 53.1 Å². The molecule has 0 radical (unpaired) electrons. The zero-order chi connectivity index (χ0) is 25.7. The minimum atomic E-state index is -3.44. The number of hydrogen-bond donors (Lipinski definition) is 2. The van der Waals surface area contributed by atoms with Gasteiger partial charge in [-0.25, -0.2) is 4.79 Å². The van der Waals surface area contributed by atoms with E-state index in [4.69, 9.17) is 14.0 Å². The highest BCUT2D eigenvalue weighted by molar-refractivity contribution is 7.59. The molecule has 0 aliphatic rings. The lowest BCUT2D eigenvalue weighted by atomic mass is 10.1. The van der Waals surface area contributed by atoms with Gasteiger partial charge in [0, 0.05) is 44.2 Å². The Kier molecular flexibility index (Phi) is 12.3. The summed E-state index contributed by atoms with van der Waals surface area (Å²) in [7, 11) is 3.14. The number of benzene rings is 1. The van der Waals surface area contributed by atoms with Gasteiger partial charge in [-0.15, -0.1) is 0 Å². The maximum atomic E-state index is 13.4. The van der Waals surface area contributed by atoms with E-state index in [1.165, 1.54) is 28.4 Å². The Bertz CT molecular complexity index is 889. The molecule has 3 atom stereocenters. The van der Waals surface area contributed by atoms with Crippen molar-refractivity contribution in [1.82, 2.24) is 5.32 Å². The molecule has 0 heterocycles. The molecule has 0 saturated carbocycles. The zero-order valence-electron chi connectivity index (χ0n) is 20.1. The standard InChI is InChI=1S/C22H33N2O9P/c1-23-17-9-6-15(7-10-17)20(26)24-18(22(28)32-4)12-13-34(29,33-5)14-16(21(27)31-3)8-11-19(25)30-2/h6-7,9-10,16,18,23H,8,11-14H2,1-5H3,(H,24,26)/t16?,18-,34?/m0/s1. The number of esters is 3. The minimum absolute atomic E-state index is 0.0526. The number of hydrogen-bond acceptors (Lipinski definition) is 10. The topological polar surface area (TPSA) is 146 Å². The fraction of sp³-hybridized carbons (Fsp3) is 0.545. The molecular formula is C22H33N2O9P. The van der Waals surface area contributed by atoms with Crippen LogP contribution in [0.1, 0.15) is 29.6 Å². The number of methoxy groups -OCH3 is 3. The van der Waals surface area contributed by atoms with Gasteiger partial charge < -0.3 is 29.4 Å². The number of rotatable bonds is 14. The molecule has 0 aromatic heterocycles. The Morgan fingerprint density at radius 2 is 1.53 bits per heavy atom. The number of nitrogens with one attached hydrogen (secondary N) is 2. The Morgan fingerprint density at radius 3 is 2.03 bits per heavy atom. The van der Waals surface area contributed by atoms with Crippen LogP contribution in [0, 0.1) is 5.92 Å². The summed E-state index contributed by atoms with van der Waals surface area (Å²) in [6, 6.07) is 5.53. The summed E-state index contributed by atoms with van der Waals surface area (Å²) in [5.41, 5.74) is 1.14. The summed E-state index contributed by atoms with van der Waals surface area (Å²) < 4.78 is 32.7. The lowest BCUT2D eigenvalue weighted by molar-refractivity contribution is -0.146. The lowest BCUT2D eigenvalue weighted by Gasteiger charge is -2.23. The van der Waals surface area contributed by atoms with Crippen LogP contribution in [-0.4, -0.2) is 77.7 Å². The maximum absolute atomic E-state index is 13.4. The molecule has 0 bridgehead atoms. The lowest BCUT2D eigenvalue weighted by Crippen LogP contribution is -2.42. The number of carbonyl (C=O) groups excluding carboxylic acids is 4. The van der Waals surface area contributed by atoms with Gasteiger partial charge in [0.1, 0.15) is 6.04 Å². The largest absolute Gasteiger partial charge is 0.469 e. The normalized spacial score (nSPS) is 14.1. The molecule has 0 saturated heterocycles. The number of carbonyl (C=O) groups is 4. The van der Waals surface area contributed by atoms with Crippen molar-refractivity contribution in [3.8, 4) is 0 Å². The predicted octanol–water partition coefficient (Wildman–Crippen LogP) is 2.06. The molecular weight excluding hydrogens is 467 g/mol. The second kappa shape index (κ2) is 14.4. The van der Waals surface area contributed by atoms with Gasteiger partial charge in [0.15, 0.2) is 0 Å². The van der Waals surface area contributed by atoms with E-state index in [0.717, 1.165) is 5.69 Å². The van der Waals surface area contributed by atoms with E-state index in [1.807, 2.05) is 0 Å². The Balaban J connectivity index is 2.92. The van der Waals surface area contributed by atoms with Crippen molar-refractivity contribution in [3.05, 3.63) is 29.8 Å². The Morgan fingerprint density at radius 1 is 0.912 bits per heavy atom. The first kappa shape index (κ1) is 29.1. The van der Waals surface area contributed by atoms with Crippen molar-refractivity contribution in [2.24, 2.45) is 5.92 Å². The molecule has 2 N–H and O–H groups in total. The van der Waals surface area contributed by atoms with Crippen LogP contribution < -0.4 is 10.6 Å². The second-order valence-corrected chi connectivity index (χ2v) is 10.2. The molecule has 0 fully saturated rings. The van der Waals surface area contributed by atoms with Gasteiger partial charge in [-0.3, -0.25) is 18.9 Å². The summed E-state index contributed by atoms with van der Waals surface area (Å²) in [5.74, 6) is -3.23. The first-order valence-electron chi connectivity index (χ1n) is 10.6. The van der Waals surface area contributed by atoms with Crippen LogP contribution in [-0.2, 0) is 37.7 Å². The second-order valence-electron chi connectivity index (χ2n) is 7.40. The van der Waals surface area contributed by atoms with Gasteiger partial charge in [0.05, 0.1) is 27.2 Å². The molecule has 1 aromatic rings. The fourth-order valence-corrected chi connectivity index (χ4v) is 5.35. The summed E-state index contributed by atoms with van der Waals surface area (Å²) in [6.45, 7) is 0. The van der Waals surface area contributed by atoms with Crippen molar-refractivity contribution < 1.29 is 42.5 Å². The predicted molar refractivity (Wildman–Crippen MR) is 125 cm³/mol.